The lowest BCUT2D eigenvalue weighted by Gasteiger charge is -2.26. The number of methoxy groups -OCH3 is 1. The van der Waals surface area contributed by atoms with Crippen molar-refractivity contribution in [3.63, 3.8) is 0 Å². The molecule has 0 aliphatic carbocycles. The molecule has 1 unspecified atom stereocenters. The van der Waals surface area contributed by atoms with E-state index in [4.69, 9.17) is 4.74 Å². The van der Waals surface area contributed by atoms with E-state index >= 15 is 0 Å². The first-order chi connectivity index (χ1) is 9.29. The minimum atomic E-state index is -0.208. The molecule has 0 saturated carbocycles. The van der Waals surface area contributed by atoms with E-state index in [9.17, 15) is 4.79 Å². The van der Waals surface area contributed by atoms with E-state index in [-0.39, 0.29) is 5.56 Å². The van der Waals surface area contributed by atoms with Crippen LogP contribution in [0.15, 0.2) is 11.1 Å². The van der Waals surface area contributed by atoms with Gasteiger partial charge in [-0.1, -0.05) is 0 Å². The second-order valence-corrected chi connectivity index (χ2v) is 5.22. The van der Waals surface area contributed by atoms with E-state index in [0.717, 1.165) is 26.1 Å². The molecule has 3 heterocycles. The molecule has 1 aromatic rings. The number of H-pyrrole nitrogens is 1. The fourth-order valence-corrected chi connectivity index (χ4v) is 3.19. The molecule has 1 aromatic heterocycles. The van der Waals surface area contributed by atoms with Gasteiger partial charge in [0.15, 0.2) is 5.82 Å². The van der Waals surface area contributed by atoms with Crippen LogP contribution in [0, 0.1) is 0 Å². The van der Waals surface area contributed by atoms with Gasteiger partial charge < -0.3 is 14.6 Å². The molecule has 1 atom stereocenters. The van der Waals surface area contributed by atoms with Gasteiger partial charge in [0.1, 0.15) is 0 Å². The Hall–Kier alpha value is -1.56. The van der Waals surface area contributed by atoms with Crippen molar-refractivity contribution < 1.29 is 4.74 Å². The Morgan fingerprint density at radius 1 is 1.37 bits per heavy atom. The van der Waals surface area contributed by atoms with E-state index < -0.39 is 0 Å². The van der Waals surface area contributed by atoms with Crippen molar-refractivity contribution >= 4 is 5.82 Å². The van der Waals surface area contributed by atoms with Crippen LogP contribution in [0.3, 0.4) is 0 Å². The third-order valence-electron chi connectivity index (χ3n) is 4.10. The SMILES string of the molecule is COc1c(N2CCCN3CCCC3C2)nc[nH]c1=O. The lowest BCUT2D eigenvalue weighted by molar-refractivity contribution is 0.273. The Labute approximate surface area is 112 Å². The summed E-state index contributed by atoms with van der Waals surface area (Å²) >= 11 is 0. The van der Waals surface area contributed by atoms with Gasteiger partial charge in [0.2, 0.25) is 5.75 Å². The molecule has 0 amide bonds. The summed E-state index contributed by atoms with van der Waals surface area (Å²) in [5, 5.41) is 0. The van der Waals surface area contributed by atoms with Gasteiger partial charge in [0, 0.05) is 25.7 Å². The van der Waals surface area contributed by atoms with Gasteiger partial charge in [-0.15, -0.1) is 0 Å². The number of hydrogen-bond acceptors (Lipinski definition) is 5. The van der Waals surface area contributed by atoms with E-state index in [1.54, 1.807) is 0 Å². The highest BCUT2D eigenvalue weighted by molar-refractivity contribution is 5.51. The van der Waals surface area contributed by atoms with Crippen molar-refractivity contribution in [2.24, 2.45) is 0 Å². The molecule has 6 heteroatoms. The number of aromatic nitrogens is 2. The Bertz CT molecular complexity index is 502. The number of anilines is 1. The molecule has 0 bridgehead atoms. The van der Waals surface area contributed by atoms with Crippen LogP contribution in [-0.4, -0.2) is 54.2 Å². The number of nitrogens with zero attached hydrogens (tertiary/aromatic N) is 3. The van der Waals surface area contributed by atoms with E-state index in [2.05, 4.69) is 19.8 Å². The summed E-state index contributed by atoms with van der Waals surface area (Å²) in [7, 11) is 1.52. The van der Waals surface area contributed by atoms with E-state index in [1.807, 2.05) is 0 Å². The van der Waals surface area contributed by atoms with Gasteiger partial charge in [-0.2, -0.15) is 0 Å². The normalized spacial score (nSPS) is 24.1. The molecule has 3 rings (SSSR count). The highest BCUT2D eigenvalue weighted by Crippen LogP contribution is 2.27. The average Bonchev–Trinajstić information content (AvgIpc) is 2.76. The van der Waals surface area contributed by atoms with Crippen LogP contribution in [-0.2, 0) is 0 Å². The predicted molar refractivity (Wildman–Crippen MR) is 72.8 cm³/mol. The zero-order valence-corrected chi connectivity index (χ0v) is 11.3. The van der Waals surface area contributed by atoms with Gasteiger partial charge in [-0.05, 0) is 25.8 Å². The van der Waals surface area contributed by atoms with Crippen LogP contribution in [0.5, 0.6) is 5.75 Å². The summed E-state index contributed by atoms with van der Waals surface area (Å²) in [5.41, 5.74) is -0.208. The first-order valence-corrected chi connectivity index (χ1v) is 6.90. The minimum Gasteiger partial charge on any atom is -0.489 e. The van der Waals surface area contributed by atoms with Crippen molar-refractivity contribution in [2.75, 3.05) is 38.2 Å². The third kappa shape index (κ3) is 2.32. The second-order valence-electron chi connectivity index (χ2n) is 5.22. The molecule has 19 heavy (non-hydrogen) atoms. The lowest BCUT2D eigenvalue weighted by atomic mass is 10.2. The predicted octanol–water partition coefficient (Wildman–Crippen LogP) is 0.453. The van der Waals surface area contributed by atoms with Crippen molar-refractivity contribution in [2.45, 2.75) is 25.3 Å². The standard InChI is InChI=1S/C13H20N4O2/c1-19-11-12(14-9-15-13(11)18)17-7-3-6-16-5-2-4-10(16)8-17/h9-10H,2-8H2,1H3,(H,14,15,18). The fourth-order valence-electron chi connectivity index (χ4n) is 3.19. The lowest BCUT2D eigenvalue weighted by Crippen LogP contribution is -2.37. The maximum Gasteiger partial charge on any atom is 0.295 e. The zero-order valence-electron chi connectivity index (χ0n) is 11.3. The van der Waals surface area contributed by atoms with E-state index in [0.29, 0.717) is 17.6 Å². The molecule has 6 nitrogen and oxygen atoms in total. The number of hydrogen-bond donors (Lipinski definition) is 1. The van der Waals surface area contributed by atoms with Crippen LogP contribution in [0.4, 0.5) is 5.82 Å². The van der Waals surface area contributed by atoms with Crippen molar-refractivity contribution in [3.05, 3.63) is 16.7 Å². The average molecular weight is 264 g/mol. The van der Waals surface area contributed by atoms with Crippen LogP contribution in [0.25, 0.3) is 0 Å². The summed E-state index contributed by atoms with van der Waals surface area (Å²) in [6.07, 6.45) is 5.08. The van der Waals surface area contributed by atoms with Gasteiger partial charge in [0.05, 0.1) is 13.4 Å². The Morgan fingerprint density at radius 3 is 3.05 bits per heavy atom. The maximum atomic E-state index is 11.8. The summed E-state index contributed by atoms with van der Waals surface area (Å²) in [4.78, 5) is 23.4. The molecule has 2 aliphatic rings. The van der Waals surface area contributed by atoms with Gasteiger partial charge in [-0.3, -0.25) is 9.69 Å². The van der Waals surface area contributed by atoms with Gasteiger partial charge in [-0.25, -0.2) is 4.98 Å². The summed E-state index contributed by atoms with van der Waals surface area (Å²) in [6, 6.07) is 0.591. The van der Waals surface area contributed by atoms with E-state index in [1.165, 1.54) is 32.8 Å². The first-order valence-electron chi connectivity index (χ1n) is 6.90. The van der Waals surface area contributed by atoms with Crippen molar-refractivity contribution in [1.29, 1.82) is 0 Å². The maximum absolute atomic E-state index is 11.8. The van der Waals surface area contributed by atoms with Crippen LogP contribution in [0.2, 0.25) is 0 Å². The Morgan fingerprint density at radius 2 is 2.21 bits per heavy atom. The zero-order chi connectivity index (χ0) is 13.2. The highest BCUT2D eigenvalue weighted by Gasteiger charge is 2.30. The minimum absolute atomic E-state index is 0.208. The second kappa shape index (κ2) is 5.21. The monoisotopic (exact) mass is 264 g/mol. The number of aromatic amines is 1. The topological polar surface area (TPSA) is 61.5 Å². The Balaban J connectivity index is 1.89. The number of rotatable bonds is 2. The molecule has 1 N–H and O–H groups in total. The van der Waals surface area contributed by atoms with Gasteiger partial charge in [0.25, 0.3) is 5.56 Å². The molecule has 2 fully saturated rings. The van der Waals surface area contributed by atoms with Gasteiger partial charge >= 0.3 is 0 Å². The molecule has 2 saturated heterocycles. The van der Waals surface area contributed by atoms with Crippen molar-refractivity contribution in [1.82, 2.24) is 14.9 Å². The fraction of sp³-hybridized carbons (Fsp3) is 0.692. The molecular formula is C13H20N4O2. The molecule has 104 valence electrons. The number of nitrogens with one attached hydrogen (secondary N) is 1. The van der Waals surface area contributed by atoms with Crippen LogP contribution in [0.1, 0.15) is 19.3 Å². The summed E-state index contributed by atoms with van der Waals surface area (Å²) in [6.45, 7) is 4.22. The molecular weight excluding hydrogens is 244 g/mol. The molecule has 2 aliphatic heterocycles. The third-order valence-corrected chi connectivity index (χ3v) is 4.10. The summed E-state index contributed by atoms with van der Waals surface area (Å²) in [5.74, 6) is 1.01. The van der Waals surface area contributed by atoms with Crippen molar-refractivity contribution in [3.8, 4) is 5.75 Å². The highest BCUT2D eigenvalue weighted by atomic mass is 16.5. The quantitative estimate of drug-likeness (QED) is 0.840. The smallest absolute Gasteiger partial charge is 0.295 e. The number of fused-ring (bicyclic) bond motifs is 1. The molecule has 0 aromatic carbocycles. The van der Waals surface area contributed by atoms with Crippen LogP contribution >= 0.6 is 0 Å². The Kier molecular flexibility index (Phi) is 3.42. The summed E-state index contributed by atoms with van der Waals surface area (Å²) < 4.78 is 5.22. The number of ether oxygens (including phenoxy) is 1. The molecule has 0 radical (unpaired) electrons. The molecule has 0 spiro atoms. The van der Waals surface area contributed by atoms with Crippen LogP contribution < -0.4 is 15.2 Å². The largest absolute Gasteiger partial charge is 0.489 e. The first kappa shape index (κ1) is 12.5.